The number of hydrogen-bond acceptors (Lipinski definition) is 0. The molecule has 4 bridgehead atoms. The molecule has 5 atom stereocenters. The Hall–Kier alpha value is -3.03. The molecule has 2 heteroatoms. The van der Waals surface area contributed by atoms with Gasteiger partial charge in [-0.3, -0.25) is 0 Å². The molecule has 5 aliphatic carbocycles. The zero-order valence-corrected chi connectivity index (χ0v) is 21.2. The van der Waals surface area contributed by atoms with Crippen LogP contribution in [0.2, 0.25) is 5.02 Å². The van der Waals surface area contributed by atoms with Gasteiger partial charge >= 0.3 is 0 Å². The molecule has 0 saturated heterocycles. The number of halogens is 1. The second kappa shape index (κ2) is 6.64. The van der Waals surface area contributed by atoms with Crippen LogP contribution in [0.25, 0.3) is 38.6 Å². The number of rotatable bonds is 1. The Morgan fingerprint density at radius 1 is 0.750 bits per heavy atom. The molecule has 0 N–H and O–H groups in total. The molecule has 5 aromatic rings. The van der Waals surface area contributed by atoms with Crippen molar-refractivity contribution in [2.45, 2.75) is 38.0 Å². The molecule has 10 rings (SSSR count). The van der Waals surface area contributed by atoms with E-state index in [1.54, 1.807) is 5.56 Å². The van der Waals surface area contributed by atoms with Gasteiger partial charge in [-0.25, -0.2) is 0 Å². The fourth-order valence-electron chi connectivity index (χ4n) is 9.64. The number of aryl methyl sites for hydroxylation is 1. The van der Waals surface area contributed by atoms with Crippen molar-refractivity contribution in [3.8, 4) is 16.8 Å². The van der Waals surface area contributed by atoms with Gasteiger partial charge in [0.25, 0.3) is 0 Å². The van der Waals surface area contributed by atoms with Gasteiger partial charge in [-0.2, -0.15) is 0 Å². The van der Waals surface area contributed by atoms with E-state index in [4.69, 9.17) is 11.6 Å². The first-order valence-corrected chi connectivity index (χ1v) is 14.0. The number of nitrogens with zero attached hydrogens (tertiary/aromatic N) is 1. The molecule has 1 spiro atoms. The van der Waals surface area contributed by atoms with Crippen molar-refractivity contribution in [2.24, 2.45) is 23.7 Å². The predicted octanol–water partition coefficient (Wildman–Crippen LogP) is 9.08. The topological polar surface area (TPSA) is 4.93 Å². The molecular weight excluding hydrogens is 458 g/mol. The highest BCUT2D eigenvalue weighted by Crippen LogP contribution is 2.74. The summed E-state index contributed by atoms with van der Waals surface area (Å²) < 4.78 is 2.57. The van der Waals surface area contributed by atoms with Gasteiger partial charge in [0.15, 0.2) is 0 Å². The maximum absolute atomic E-state index is 7.27. The largest absolute Gasteiger partial charge is 0.309 e. The van der Waals surface area contributed by atoms with Crippen LogP contribution in [0, 0.1) is 30.6 Å². The van der Waals surface area contributed by atoms with Gasteiger partial charge < -0.3 is 4.57 Å². The number of para-hydroxylation sites is 2. The molecule has 0 aliphatic heterocycles. The van der Waals surface area contributed by atoms with Crippen LogP contribution in [0.1, 0.15) is 42.4 Å². The molecule has 1 heterocycles. The third kappa shape index (κ3) is 2.18. The minimum atomic E-state index is 0.0379. The first kappa shape index (κ1) is 20.1. The highest BCUT2D eigenvalue weighted by atomic mass is 35.5. The highest BCUT2D eigenvalue weighted by molar-refractivity contribution is 6.32. The monoisotopic (exact) mass is 485 g/mol. The second-order valence-electron chi connectivity index (χ2n) is 12.0. The molecule has 176 valence electrons. The Morgan fingerprint density at radius 3 is 2.25 bits per heavy atom. The van der Waals surface area contributed by atoms with Gasteiger partial charge in [-0.15, -0.1) is 0 Å². The Balaban J connectivity index is 1.46. The SMILES string of the molecule is Cc1cc(Cl)c2c(c1)-c1cccc(-n3c4ccccc4c4ccccc43)c1C21C2CC3CC(C2)C1C3. The Bertz CT molecular complexity index is 1700. The first-order valence-electron chi connectivity index (χ1n) is 13.6. The van der Waals surface area contributed by atoms with Crippen LogP contribution in [0.4, 0.5) is 0 Å². The molecule has 5 unspecified atom stereocenters. The lowest BCUT2D eigenvalue weighted by atomic mass is 9.59. The van der Waals surface area contributed by atoms with Crippen LogP contribution < -0.4 is 0 Å². The fourth-order valence-corrected chi connectivity index (χ4v) is 10.1. The molecule has 4 saturated carbocycles. The van der Waals surface area contributed by atoms with E-state index in [-0.39, 0.29) is 5.41 Å². The van der Waals surface area contributed by atoms with Crippen LogP contribution in [-0.4, -0.2) is 4.57 Å². The van der Waals surface area contributed by atoms with E-state index < -0.39 is 0 Å². The van der Waals surface area contributed by atoms with E-state index in [9.17, 15) is 0 Å². The fraction of sp³-hybridized carbons (Fsp3) is 0.294. The number of aromatic nitrogens is 1. The van der Waals surface area contributed by atoms with Crippen LogP contribution in [0.3, 0.4) is 0 Å². The van der Waals surface area contributed by atoms with Crippen molar-refractivity contribution in [1.29, 1.82) is 0 Å². The van der Waals surface area contributed by atoms with E-state index in [2.05, 4.69) is 90.4 Å². The van der Waals surface area contributed by atoms with Gasteiger partial charge in [0.05, 0.1) is 16.7 Å². The van der Waals surface area contributed by atoms with Gasteiger partial charge in [0, 0.05) is 21.2 Å². The Morgan fingerprint density at radius 2 is 1.50 bits per heavy atom. The molecule has 36 heavy (non-hydrogen) atoms. The molecule has 1 aromatic heterocycles. The predicted molar refractivity (Wildman–Crippen MR) is 149 cm³/mol. The normalized spacial score (nSPS) is 29.1. The summed E-state index contributed by atoms with van der Waals surface area (Å²) in [5, 5.41) is 3.65. The summed E-state index contributed by atoms with van der Waals surface area (Å²) in [6, 6.07) is 29.6. The van der Waals surface area contributed by atoms with E-state index in [0.717, 1.165) is 16.9 Å². The van der Waals surface area contributed by atoms with Crippen LogP contribution in [-0.2, 0) is 5.41 Å². The Labute approximate surface area is 216 Å². The minimum Gasteiger partial charge on any atom is -0.309 e. The third-order valence-corrected chi connectivity index (χ3v) is 10.7. The van der Waals surface area contributed by atoms with Crippen molar-refractivity contribution >= 4 is 33.4 Å². The summed E-state index contributed by atoms with van der Waals surface area (Å²) in [6.45, 7) is 2.19. The standard InChI is InChI=1S/C34H28ClN/c1-19-13-26-25-9-6-12-31(36-29-10-4-2-7-23(29)24-8-3-5-11-30(24)36)33(25)34(32(26)28(35)14-19)22-16-20-15-21(18-22)27(34)17-20/h2-14,20-22,27H,15-18H2,1H3. The summed E-state index contributed by atoms with van der Waals surface area (Å²) >= 11 is 7.27. The zero-order chi connectivity index (χ0) is 23.8. The van der Waals surface area contributed by atoms with Gasteiger partial charge in [-0.1, -0.05) is 66.2 Å². The van der Waals surface area contributed by atoms with Crippen molar-refractivity contribution in [1.82, 2.24) is 4.57 Å². The Kier molecular flexibility index (Phi) is 3.70. The van der Waals surface area contributed by atoms with Gasteiger partial charge in [-0.05, 0) is 108 Å². The van der Waals surface area contributed by atoms with Crippen molar-refractivity contribution in [2.75, 3.05) is 0 Å². The molecule has 4 aromatic carbocycles. The van der Waals surface area contributed by atoms with E-state index >= 15 is 0 Å². The minimum absolute atomic E-state index is 0.0379. The summed E-state index contributed by atoms with van der Waals surface area (Å²) in [5.41, 5.74) is 11.1. The summed E-state index contributed by atoms with van der Waals surface area (Å²) in [5.74, 6) is 3.16. The van der Waals surface area contributed by atoms with Gasteiger partial charge in [0.1, 0.15) is 0 Å². The molecule has 1 nitrogen and oxygen atoms in total. The van der Waals surface area contributed by atoms with Crippen LogP contribution in [0.5, 0.6) is 0 Å². The molecular formula is C34H28ClN. The molecule has 5 aliphatic rings. The average Bonchev–Trinajstić information content (AvgIpc) is 3.54. The number of hydrogen-bond donors (Lipinski definition) is 0. The lowest BCUT2D eigenvalue weighted by Gasteiger charge is -2.45. The third-order valence-electron chi connectivity index (χ3n) is 10.4. The quantitative estimate of drug-likeness (QED) is 0.223. The summed E-state index contributed by atoms with van der Waals surface area (Å²) in [6.07, 6.45) is 5.52. The van der Waals surface area contributed by atoms with E-state index in [1.807, 2.05) is 0 Å². The van der Waals surface area contributed by atoms with E-state index in [1.165, 1.54) is 75.4 Å². The highest BCUT2D eigenvalue weighted by Gasteiger charge is 2.67. The van der Waals surface area contributed by atoms with E-state index in [0.29, 0.717) is 11.8 Å². The smallest absolute Gasteiger partial charge is 0.0541 e. The summed E-state index contributed by atoms with van der Waals surface area (Å²) in [7, 11) is 0. The van der Waals surface area contributed by atoms with Crippen LogP contribution >= 0.6 is 11.6 Å². The van der Waals surface area contributed by atoms with Crippen molar-refractivity contribution in [3.05, 3.63) is 101 Å². The lowest BCUT2D eigenvalue weighted by molar-refractivity contribution is 0.190. The second-order valence-corrected chi connectivity index (χ2v) is 12.4. The first-order chi connectivity index (χ1) is 17.7. The number of benzene rings is 4. The van der Waals surface area contributed by atoms with Gasteiger partial charge in [0.2, 0.25) is 0 Å². The summed E-state index contributed by atoms with van der Waals surface area (Å²) in [4.78, 5) is 0. The number of fused-ring (bicyclic) bond motifs is 6. The maximum atomic E-state index is 7.27. The maximum Gasteiger partial charge on any atom is 0.0541 e. The van der Waals surface area contributed by atoms with Crippen molar-refractivity contribution in [3.63, 3.8) is 0 Å². The molecule has 0 radical (unpaired) electrons. The molecule has 0 amide bonds. The molecule has 4 fully saturated rings. The zero-order valence-electron chi connectivity index (χ0n) is 20.5. The van der Waals surface area contributed by atoms with Crippen molar-refractivity contribution < 1.29 is 0 Å². The average molecular weight is 486 g/mol. The lowest BCUT2D eigenvalue weighted by Crippen LogP contribution is -2.41. The van der Waals surface area contributed by atoms with Crippen LogP contribution in [0.15, 0.2) is 78.9 Å².